The standard InChI is InChI=1S/C14H16Cl2N2O3/c1-14(13(20)21)5-6-18(8-14)7-11(19)17-12-9(15)3-2-4-10(12)16/h2-4H,5-8H2,1H3,(H,17,19)(H,20,21). The maximum Gasteiger partial charge on any atom is 0.310 e. The molecule has 1 saturated heterocycles. The van der Waals surface area contributed by atoms with Gasteiger partial charge in [-0.05, 0) is 32.0 Å². The molecule has 0 saturated carbocycles. The van der Waals surface area contributed by atoms with Crippen LogP contribution in [0.2, 0.25) is 10.0 Å². The van der Waals surface area contributed by atoms with Crippen molar-refractivity contribution in [1.82, 2.24) is 4.90 Å². The summed E-state index contributed by atoms with van der Waals surface area (Å²) in [5.41, 5.74) is -0.409. The van der Waals surface area contributed by atoms with Crippen molar-refractivity contribution in [1.29, 1.82) is 0 Å². The van der Waals surface area contributed by atoms with E-state index in [1.807, 2.05) is 4.90 Å². The van der Waals surface area contributed by atoms with Gasteiger partial charge < -0.3 is 10.4 Å². The number of nitrogens with one attached hydrogen (secondary N) is 1. The number of carboxylic acids is 1. The Morgan fingerprint density at radius 3 is 2.52 bits per heavy atom. The molecule has 1 aromatic carbocycles. The first-order valence-electron chi connectivity index (χ1n) is 6.51. The van der Waals surface area contributed by atoms with Gasteiger partial charge in [0.05, 0.1) is 27.7 Å². The van der Waals surface area contributed by atoms with Crippen molar-refractivity contribution in [3.05, 3.63) is 28.2 Å². The fourth-order valence-corrected chi connectivity index (χ4v) is 2.86. The molecule has 2 N–H and O–H groups in total. The molecule has 1 atom stereocenters. The van der Waals surface area contributed by atoms with Crippen molar-refractivity contribution in [2.75, 3.05) is 25.0 Å². The highest BCUT2D eigenvalue weighted by atomic mass is 35.5. The lowest BCUT2D eigenvalue weighted by atomic mass is 9.90. The number of amides is 1. The highest BCUT2D eigenvalue weighted by Gasteiger charge is 2.40. The van der Waals surface area contributed by atoms with E-state index in [2.05, 4.69) is 5.32 Å². The molecule has 0 spiro atoms. The van der Waals surface area contributed by atoms with Gasteiger partial charge in [-0.25, -0.2) is 0 Å². The summed E-state index contributed by atoms with van der Waals surface area (Å²) in [6.45, 7) is 2.74. The second-order valence-corrected chi connectivity index (χ2v) is 6.29. The highest BCUT2D eigenvalue weighted by Crippen LogP contribution is 2.31. The van der Waals surface area contributed by atoms with Crippen LogP contribution in [0.1, 0.15) is 13.3 Å². The molecule has 0 aliphatic carbocycles. The minimum Gasteiger partial charge on any atom is -0.481 e. The van der Waals surface area contributed by atoms with Crippen LogP contribution < -0.4 is 5.32 Å². The Labute approximate surface area is 132 Å². The summed E-state index contributed by atoms with van der Waals surface area (Å²) in [6.07, 6.45) is 0.530. The molecule has 1 heterocycles. The van der Waals surface area contributed by atoms with E-state index in [4.69, 9.17) is 23.2 Å². The third kappa shape index (κ3) is 3.67. The molecule has 1 aliphatic heterocycles. The minimum atomic E-state index is -0.834. The highest BCUT2D eigenvalue weighted by molar-refractivity contribution is 6.39. The summed E-state index contributed by atoms with van der Waals surface area (Å²) >= 11 is 12.0. The van der Waals surface area contributed by atoms with Crippen LogP contribution in [0, 0.1) is 5.41 Å². The predicted molar refractivity (Wildman–Crippen MR) is 81.9 cm³/mol. The average molecular weight is 331 g/mol. The second kappa shape index (κ2) is 6.22. The SMILES string of the molecule is CC1(C(=O)O)CCN(CC(=O)Nc2c(Cl)cccc2Cl)C1. The first kappa shape index (κ1) is 16.1. The normalized spacial score (nSPS) is 22.2. The molecule has 0 radical (unpaired) electrons. The van der Waals surface area contributed by atoms with Gasteiger partial charge in [-0.1, -0.05) is 29.3 Å². The summed E-state index contributed by atoms with van der Waals surface area (Å²) in [7, 11) is 0. The number of hydrogen-bond acceptors (Lipinski definition) is 3. The fourth-order valence-electron chi connectivity index (χ4n) is 2.37. The van der Waals surface area contributed by atoms with Crippen molar-refractivity contribution in [2.45, 2.75) is 13.3 Å². The Balaban J connectivity index is 1.96. The van der Waals surface area contributed by atoms with Crippen LogP contribution in [0.25, 0.3) is 0 Å². The Kier molecular flexibility index (Phi) is 4.76. The van der Waals surface area contributed by atoms with Crippen molar-refractivity contribution < 1.29 is 14.7 Å². The molecule has 0 aromatic heterocycles. The molecular weight excluding hydrogens is 315 g/mol. The molecular formula is C14H16Cl2N2O3. The quantitative estimate of drug-likeness (QED) is 0.890. The zero-order valence-electron chi connectivity index (χ0n) is 11.5. The average Bonchev–Trinajstić information content (AvgIpc) is 2.77. The number of carbonyl (C=O) groups excluding carboxylic acids is 1. The van der Waals surface area contributed by atoms with E-state index in [1.54, 1.807) is 25.1 Å². The third-order valence-corrected chi connectivity index (χ3v) is 4.29. The van der Waals surface area contributed by atoms with Crippen LogP contribution in [0.4, 0.5) is 5.69 Å². The maximum atomic E-state index is 12.0. The number of aliphatic carboxylic acids is 1. The molecule has 1 amide bonds. The number of carboxylic acid groups (broad SMARTS) is 1. The van der Waals surface area contributed by atoms with Crippen LogP contribution in [0.5, 0.6) is 0 Å². The first-order chi connectivity index (χ1) is 9.82. The fraction of sp³-hybridized carbons (Fsp3) is 0.429. The number of carbonyl (C=O) groups is 2. The largest absolute Gasteiger partial charge is 0.481 e. The molecule has 21 heavy (non-hydrogen) atoms. The number of benzene rings is 1. The minimum absolute atomic E-state index is 0.115. The molecule has 1 aromatic rings. The first-order valence-corrected chi connectivity index (χ1v) is 7.27. The Hall–Kier alpha value is -1.30. The lowest BCUT2D eigenvalue weighted by Gasteiger charge is -2.19. The van der Waals surface area contributed by atoms with Crippen molar-refractivity contribution >= 4 is 40.8 Å². The van der Waals surface area contributed by atoms with Crippen molar-refractivity contribution in [3.63, 3.8) is 0 Å². The van der Waals surface area contributed by atoms with Gasteiger partial charge in [-0.2, -0.15) is 0 Å². The molecule has 2 rings (SSSR count). The molecule has 0 bridgehead atoms. The van der Waals surface area contributed by atoms with Crippen LogP contribution in [-0.2, 0) is 9.59 Å². The number of rotatable bonds is 4. The monoisotopic (exact) mass is 330 g/mol. The van der Waals surface area contributed by atoms with Crippen LogP contribution in [-0.4, -0.2) is 41.5 Å². The Morgan fingerprint density at radius 1 is 1.38 bits per heavy atom. The van der Waals surface area contributed by atoms with Gasteiger partial charge in [0.15, 0.2) is 0 Å². The van der Waals surface area contributed by atoms with E-state index in [9.17, 15) is 14.7 Å². The van der Waals surface area contributed by atoms with Gasteiger partial charge in [-0.3, -0.25) is 14.5 Å². The van der Waals surface area contributed by atoms with Crippen molar-refractivity contribution in [3.8, 4) is 0 Å². The van der Waals surface area contributed by atoms with Gasteiger partial charge in [-0.15, -0.1) is 0 Å². The van der Waals surface area contributed by atoms with E-state index in [0.29, 0.717) is 35.2 Å². The molecule has 7 heteroatoms. The molecule has 1 aliphatic rings. The number of nitrogens with zero attached hydrogens (tertiary/aromatic N) is 1. The van der Waals surface area contributed by atoms with Crippen LogP contribution >= 0.6 is 23.2 Å². The molecule has 5 nitrogen and oxygen atoms in total. The lowest BCUT2D eigenvalue weighted by Crippen LogP contribution is -2.35. The maximum absolute atomic E-state index is 12.0. The topological polar surface area (TPSA) is 69.6 Å². The Bertz CT molecular complexity index is 559. The summed E-state index contributed by atoms with van der Waals surface area (Å²) in [6, 6.07) is 4.97. The zero-order valence-corrected chi connectivity index (χ0v) is 13.0. The number of anilines is 1. The summed E-state index contributed by atoms with van der Waals surface area (Å²) in [5, 5.41) is 12.6. The zero-order chi connectivity index (χ0) is 15.6. The smallest absolute Gasteiger partial charge is 0.310 e. The van der Waals surface area contributed by atoms with Gasteiger partial charge in [0.2, 0.25) is 5.91 Å². The number of likely N-dealkylation sites (tertiary alicyclic amines) is 1. The second-order valence-electron chi connectivity index (χ2n) is 5.47. The lowest BCUT2D eigenvalue weighted by molar-refractivity contribution is -0.147. The van der Waals surface area contributed by atoms with Gasteiger partial charge in [0.1, 0.15) is 0 Å². The summed E-state index contributed by atoms with van der Waals surface area (Å²) in [5.74, 6) is -1.10. The molecule has 114 valence electrons. The molecule has 1 fully saturated rings. The van der Waals surface area contributed by atoms with Crippen LogP contribution in [0.15, 0.2) is 18.2 Å². The van der Waals surface area contributed by atoms with Gasteiger partial charge in [0.25, 0.3) is 0 Å². The van der Waals surface area contributed by atoms with E-state index in [-0.39, 0.29) is 12.5 Å². The summed E-state index contributed by atoms with van der Waals surface area (Å²) < 4.78 is 0. The van der Waals surface area contributed by atoms with E-state index in [1.165, 1.54) is 0 Å². The number of halogens is 2. The van der Waals surface area contributed by atoms with E-state index < -0.39 is 11.4 Å². The van der Waals surface area contributed by atoms with Gasteiger partial charge in [0, 0.05) is 6.54 Å². The van der Waals surface area contributed by atoms with E-state index in [0.717, 1.165) is 0 Å². The Morgan fingerprint density at radius 2 is 2.00 bits per heavy atom. The van der Waals surface area contributed by atoms with Crippen LogP contribution in [0.3, 0.4) is 0 Å². The molecule has 1 unspecified atom stereocenters. The number of para-hydroxylation sites is 1. The van der Waals surface area contributed by atoms with Crippen molar-refractivity contribution in [2.24, 2.45) is 5.41 Å². The van der Waals surface area contributed by atoms with Gasteiger partial charge >= 0.3 is 5.97 Å². The third-order valence-electron chi connectivity index (χ3n) is 3.66. The summed E-state index contributed by atoms with van der Waals surface area (Å²) in [4.78, 5) is 25.0. The predicted octanol–water partition coefficient (Wildman–Crippen LogP) is 2.73. The van der Waals surface area contributed by atoms with E-state index >= 15 is 0 Å². The number of hydrogen-bond donors (Lipinski definition) is 2.